The summed E-state index contributed by atoms with van der Waals surface area (Å²) >= 11 is 0. The zero-order valence-electron chi connectivity index (χ0n) is 28.6. The van der Waals surface area contributed by atoms with E-state index in [1.807, 2.05) is 0 Å². The number of rotatable bonds is 16. The molecule has 0 spiro atoms. The molecule has 2 amide bonds. The van der Waals surface area contributed by atoms with Gasteiger partial charge in [-0.05, 0) is 0 Å². The van der Waals surface area contributed by atoms with Gasteiger partial charge < -0.3 is 100 Å². The molecule has 0 aliphatic carbocycles. The van der Waals surface area contributed by atoms with Crippen molar-refractivity contribution < 1.29 is 109 Å². The first kappa shape index (κ1) is 44.6. The minimum Gasteiger partial charge on any atom is -0.477 e. The van der Waals surface area contributed by atoms with Crippen molar-refractivity contribution in [1.29, 1.82) is 0 Å². The number of carboxylic acids is 2. The van der Waals surface area contributed by atoms with E-state index in [1.54, 1.807) is 0 Å². The second kappa shape index (κ2) is 18.2. The third kappa shape index (κ3) is 9.55. The lowest BCUT2D eigenvalue weighted by atomic mass is 9.87. The maximum atomic E-state index is 12.8. The number of carboxylic acid groups (broad SMARTS) is 2. The summed E-state index contributed by atoms with van der Waals surface area (Å²) in [6, 6.07) is -3.39. The molecule has 0 aromatic heterocycles. The van der Waals surface area contributed by atoms with Gasteiger partial charge in [-0.1, -0.05) is 0 Å². The molecule has 3 fully saturated rings. The number of nitrogens with one attached hydrogen (secondary N) is 2. The van der Waals surface area contributed by atoms with Crippen LogP contribution in [0.4, 0.5) is 0 Å². The van der Waals surface area contributed by atoms with Gasteiger partial charge in [-0.25, -0.2) is 9.59 Å². The average Bonchev–Trinajstić information content (AvgIpc) is 3.09. The van der Waals surface area contributed by atoms with E-state index in [0.717, 1.165) is 21.0 Å². The van der Waals surface area contributed by atoms with Crippen molar-refractivity contribution in [3.05, 3.63) is 0 Å². The van der Waals surface area contributed by atoms with Crippen LogP contribution in [0.2, 0.25) is 0 Å². The summed E-state index contributed by atoms with van der Waals surface area (Å²) in [5, 5.41) is 131. The number of carbonyl (C=O) groups is 4. The molecule has 0 bridgehead atoms. The minimum absolute atomic E-state index is 0.799. The van der Waals surface area contributed by atoms with Gasteiger partial charge in [0, 0.05) is 33.8 Å². The van der Waals surface area contributed by atoms with Crippen molar-refractivity contribution in [3.63, 3.8) is 0 Å². The zero-order chi connectivity index (χ0) is 40.2. The first-order chi connectivity index (χ1) is 24.7. The highest BCUT2D eigenvalue weighted by atomic mass is 16.8. The number of hydrogen-bond donors (Lipinski definition) is 14. The molecular weight excluding hydrogens is 728 g/mol. The molecule has 0 saturated carbocycles. The predicted octanol–water partition coefficient (Wildman–Crippen LogP) is -8.22. The van der Waals surface area contributed by atoms with Gasteiger partial charge in [0.05, 0.1) is 44.1 Å². The topological polar surface area (TPSA) is 390 Å². The number of amides is 2. The highest BCUT2D eigenvalue weighted by Crippen LogP contribution is 2.39. The van der Waals surface area contributed by atoms with Crippen LogP contribution in [0.15, 0.2) is 0 Å². The van der Waals surface area contributed by atoms with E-state index in [9.17, 15) is 80.5 Å². The number of methoxy groups -OCH3 is 1. The molecule has 3 aliphatic rings. The summed E-state index contributed by atoms with van der Waals surface area (Å²) in [5.74, 6) is -12.0. The van der Waals surface area contributed by atoms with Crippen LogP contribution in [-0.2, 0) is 47.6 Å². The molecular formula is C29H48N2O22. The quantitative estimate of drug-likeness (QED) is 0.0692. The normalized spacial score (nSPS) is 40.0. The molecule has 306 valence electrons. The Balaban J connectivity index is 2.06. The van der Waals surface area contributed by atoms with Crippen LogP contribution in [0.3, 0.4) is 0 Å². The summed E-state index contributed by atoms with van der Waals surface area (Å²) in [6.45, 7) is -1.36. The lowest BCUT2D eigenvalue weighted by molar-refractivity contribution is -0.373. The fraction of sp³-hybridized carbons (Fsp3) is 0.862. The summed E-state index contributed by atoms with van der Waals surface area (Å²) < 4.78 is 32.5. The highest BCUT2D eigenvalue weighted by Gasteiger charge is 2.61. The summed E-state index contributed by atoms with van der Waals surface area (Å²) in [5.41, 5.74) is 0. The molecule has 3 saturated heterocycles. The Labute approximate surface area is 300 Å². The Bertz CT molecular complexity index is 1260. The fourth-order valence-corrected chi connectivity index (χ4v) is 6.45. The first-order valence-corrected chi connectivity index (χ1v) is 16.2. The lowest BCUT2D eigenvalue weighted by Crippen LogP contribution is -2.71. The summed E-state index contributed by atoms with van der Waals surface area (Å²) in [7, 11) is 1.07. The molecule has 0 aromatic rings. The van der Waals surface area contributed by atoms with Crippen LogP contribution < -0.4 is 10.6 Å². The number of aliphatic hydroxyl groups excluding tert-OH is 10. The summed E-state index contributed by atoms with van der Waals surface area (Å²) in [6.07, 6.45) is -28.3. The number of hydrogen-bond acceptors (Lipinski definition) is 20. The largest absolute Gasteiger partial charge is 0.477 e. The van der Waals surface area contributed by atoms with Crippen molar-refractivity contribution in [1.82, 2.24) is 10.6 Å². The Kier molecular flexibility index (Phi) is 15.4. The summed E-state index contributed by atoms with van der Waals surface area (Å²) in [4.78, 5) is 49.6. The Morgan fingerprint density at radius 3 is 1.70 bits per heavy atom. The van der Waals surface area contributed by atoms with Crippen molar-refractivity contribution in [2.24, 2.45) is 0 Å². The van der Waals surface area contributed by atoms with Crippen LogP contribution in [0.25, 0.3) is 0 Å². The molecule has 24 nitrogen and oxygen atoms in total. The highest BCUT2D eigenvalue weighted by molar-refractivity contribution is 5.77. The van der Waals surface area contributed by atoms with Crippen molar-refractivity contribution in [2.45, 2.75) is 130 Å². The second-order valence-corrected chi connectivity index (χ2v) is 12.9. The van der Waals surface area contributed by atoms with E-state index in [1.165, 1.54) is 0 Å². The van der Waals surface area contributed by atoms with Gasteiger partial charge >= 0.3 is 11.9 Å². The van der Waals surface area contributed by atoms with Crippen LogP contribution >= 0.6 is 0 Å². The molecule has 17 atom stereocenters. The maximum Gasteiger partial charge on any atom is 0.364 e. The smallest absolute Gasteiger partial charge is 0.364 e. The fourth-order valence-electron chi connectivity index (χ4n) is 6.45. The maximum absolute atomic E-state index is 12.8. The van der Waals surface area contributed by atoms with Crippen LogP contribution in [-0.4, -0.2) is 215 Å². The Morgan fingerprint density at radius 1 is 0.774 bits per heavy atom. The van der Waals surface area contributed by atoms with E-state index in [4.69, 9.17) is 28.4 Å². The molecule has 0 aromatic carbocycles. The molecule has 3 aliphatic heterocycles. The SMILES string of the molecule is CO[C@@H]1O[C@H](CO)[C@H](O)[C@H](O[C@]2(C(=O)O)C[C@H](O)[C@@H](NC(C)=O)[C@H]([C@H](O)[C@@H](CO)O[C@]3(C(=O)O)C[C@H](O)[C@@H](NC(C)=O)[C@H]([C@H](O)[C@H](O)CO)O3)O2)[C@H]1O. The van der Waals surface area contributed by atoms with Crippen LogP contribution in [0.5, 0.6) is 0 Å². The zero-order valence-corrected chi connectivity index (χ0v) is 28.6. The first-order valence-electron chi connectivity index (χ1n) is 16.2. The van der Waals surface area contributed by atoms with Gasteiger partial charge in [-0.2, -0.15) is 0 Å². The van der Waals surface area contributed by atoms with Gasteiger partial charge in [0.15, 0.2) is 6.29 Å². The molecule has 3 rings (SSSR count). The van der Waals surface area contributed by atoms with E-state index < -0.39 is 160 Å². The standard InChI is InChI=1S/C29H48N2O22/c1-9(35)30-16-11(37)4-28(26(44)45,51-22(16)18(40)13(39)6-32)50-15(8-34)20(42)23-17(31-10(2)36)12(38)5-29(52-23,27(46)47)53-24-19(41)14(7-33)49-25(48-3)21(24)43/h11-25,32-34,37-43H,4-8H2,1-3H3,(H,30,35)(H,31,36)(H,44,45)(H,46,47)/t11-,12-,13+,14+,15+,16+,17+,18+,19-,20+,21+,22+,23+,24-,25+,28+,29-/m0/s1. The molecule has 0 radical (unpaired) electrons. The predicted molar refractivity (Wildman–Crippen MR) is 164 cm³/mol. The van der Waals surface area contributed by atoms with Gasteiger partial charge in [0.25, 0.3) is 11.6 Å². The third-order valence-corrected chi connectivity index (χ3v) is 9.07. The molecule has 14 N–H and O–H groups in total. The van der Waals surface area contributed by atoms with Crippen molar-refractivity contribution >= 4 is 23.8 Å². The van der Waals surface area contributed by atoms with Gasteiger partial charge in [-0.15, -0.1) is 0 Å². The number of aliphatic hydroxyl groups is 10. The van der Waals surface area contributed by atoms with E-state index >= 15 is 0 Å². The van der Waals surface area contributed by atoms with E-state index in [0.29, 0.717) is 0 Å². The molecule has 3 heterocycles. The third-order valence-electron chi connectivity index (χ3n) is 9.07. The van der Waals surface area contributed by atoms with E-state index in [2.05, 4.69) is 10.6 Å². The average molecular weight is 777 g/mol. The Morgan fingerprint density at radius 2 is 1.26 bits per heavy atom. The number of carbonyl (C=O) groups excluding carboxylic acids is 2. The molecule has 53 heavy (non-hydrogen) atoms. The number of ether oxygens (including phenoxy) is 6. The lowest BCUT2D eigenvalue weighted by Gasteiger charge is -2.51. The molecule has 0 unspecified atom stereocenters. The second-order valence-electron chi connectivity index (χ2n) is 12.9. The van der Waals surface area contributed by atoms with Crippen LogP contribution in [0, 0.1) is 0 Å². The van der Waals surface area contributed by atoms with E-state index in [-0.39, 0.29) is 0 Å². The van der Waals surface area contributed by atoms with Gasteiger partial charge in [0.1, 0.15) is 61.0 Å². The monoisotopic (exact) mass is 776 g/mol. The van der Waals surface area contributed by atoms with Crippen molar-refractivity contribution in [2.75, 3.05) is 26.9 Å². The molecule has 24 heteroatoms. The Hall–Kier alpha value is -2.76. The van der Waals surface area contributed by atoms with Crippen LogP contribution in [0.1, 0.15) is 26.7 Å². The van der Waals surface area contributed by atoms with Gasteiger partial charge in [0.2, 0.25) is 11.8 Å². The minimum atomic E-state index is -3.15. The number of aliphatic carboxylic acids is 2. The van der Waals surface area contributed by atoms with Crippen molar-refractivity contribution in [3.8, 4) is 0 Å². The van der Waals surface area contributed by atoms with Gasteiger partial charge in [-0.3, -0.25) is 9.59 Å².